The van der Waals surface area contributed by atoms with Gasteiger partial charge in [0.25, 0.3) is 17.7 Å². The first-order valence-electron chi connectivity index (χ1n) is 8.08. The molecule has 0 fully saturated rings. The van der Waals surface area contributed by atoms with Crippen molar-refractivity contribution in [1.82, 2.24) is 4.90 Å². The summed E-state index contributed by atoms with van der Waals surface area (Å²) < 4.78 is 5.49. The molecule has 2 aromatic carbocycles. The van der Waals surface area contributed by atoms with Gasteiger partial charge in [-0.15, -0.1) is 0 Å². The fourth-order valence-corrected chi connectivity index (χ4v) is 2.95. The van der Waals surface area contributed by atoms with Crippen LogP contribution in [0.4, 0.5) is 5.69 Å². The number of anilines is 1. The van der Waals surface area contributed by atoms with E-state index in [9.17, 15) is 14.4 Å². The molecule has 0 saturated carbocycles. The molecule has 0 saturated heterocycles. The van der Waals surface area contributed by atoms with Gasteiger partial charge < -0.3 is 10.1 Å². The highest BCUT2D eigenvalue weighted by atomic mass is 35.5. The molecule has 7 heteroatoms. The van der Waals surface area contributed by atoms with Gasteiger partial charge in [0, 0.05) is 17.8 Å². The summed E-state index contributed by atoms with van der Waals surface area (Å²) in [4.78, 5) is 37.0. The van der Waals surface area contributed by atoms with Crippen LogP contribution in [0.2, 0.25) is 5.02 Å². The van der Waals surface area contributed by atoms with E-state index in [2.05, 4.69) is 5.32 Å². The molecule has 3 amide bonds. The Balaban J connectivity index is 1.64. The molecular weight excluding hydrogens is 356 g/mol. The van der Waals surface area contributed by atoms with Crippen molar-refractivity contribution in [2.75, 3.05) is 19.0 Å². The SMILES string of the molecule is CCc1cc(OCC(=O)Nc2ccc3c(c2)C(=O)N(C)C3=O)ccc1Cl. The van der Waals surface area contributed by atoms with Crippen molar-refractivity contribution >= 4 is 35.0 Å². The molecular formula is C19H17ClN2O4. The van der Waals surface area contributed by atoms with Crippen LogP contribution < -0.4 is 10.1 Å². The normalized spacial score (nSPS) is 13.0. The molecule has 0 radical (unpaired) electrons. The Labute approximate surface area is 155 Å². The topological polar surface area (TPSA) is 75.7 Å². The van der Waals surface area contributed by atoms with Gasteiger partial charge in [-0.05, 0) is 48.4 Å². The third kappa shape index (κ3) is 3.41. The number of hydrogen-bond acceptors (Lipinski definition) is 4. The highest BCUT2D eigenvalue weighted by Gasteiger charge is 2.32. The largest absolute Gasteiger partial charge is 0.484 e. The minimum absolute atomic E-state index is 0.186. The van der Waals surface area contributed by atoms with Crippen LogP contribution in [0.5, 0.6) is 5.75 Å². The van der Waals surface area contributed by atoms with Gasteiger partial charge in [-0.25, -0.2) is 0 Å². The van der Waals surface area contributed by atoms with Gasteiger partial charge in [0.1, 0.15) is 5.75 Å². The van der Waals surface area contributed by atoms with E-state index in [-0.39, 0.29) is 29.9 Å². The van der Waals surface area contributed by atoms with Crippen molar-refractivity contribution in [1.29, 1.82) is 0 Å². The number of nitrogens with zero attached hydrogens (tertiary/aromatic N) is 1. The average Bonchev–Trinajstić information content (AvgIpc) is 2.85. The van der Waals surface area contributed by atoms with Crippen LogP contribution >= 0.6 is 11.6 Å². The van der Waals surface area contributed by atoms with E-state index in [4.69, 9.17) is 16.3 Å². The van der Waals surface area contributed by atoms with Crippen LogP contribution in [0.1, 0.15) is 33.2 Å². The van der Waals surface area contributed by atoms with E-state index in [1.807, 2.05) is 6.92 Å². The summed E-state index contributed by atoms with van der Waals surface area (Å²) in [5.41, 5.74) is 1.98. The minimum atomic E-state index is -0.384. The molecule has 0 aliphatic carbocycles. The predicted molar refractivity (Wildman–Crippen MR) is 97.8 cm³/mol. The molecule has 0 spiro atoms. The zero-order valence-electron chi connectivity index (χ0n) is 14.3. The summed E-state index contributed by atoms with van der Waals surface area (Å²) in [6.07, 6.45) is 0.762. The number of ether oxygens (including phenoxy) is 1. The van der Waals surface area contributed by atoms with Crippen molar-refractivity contribution in [3.05, 3.63) is 58.1 Å². The van der Waals surface area contributed by atoms with Crippen LogP contribution in [-0.2, 0) is 11.2 Å². The third-order valence-corrected chi connectivity index (χ3v) is 4.51. The molecule has 0 unspecified atom stereocenters. The molecule has 0 aromatic heterocycles. The number of carbonyl (C=O) groups is 3. The van der Waals surface area contributed by atoms with Gasteiger partial charge in [-0.1, -0.05) is 18.5 Å². The average molecular weight is 373 g/mol. The number of carbonyl (C=O) groups excluding carboxylic acids is 3. The summed E-state index contributed by atoms with van der Waals surface area (Å²) in [6, 6.07) is 9.83. The Hall–Kier alpha value is -2.86. The van der Waals surface area contributed by atoms with Gasteiger partial charge >= 0.3 is 0 Å². The fourth-order valence-electron chi connectivity index (χ4n) is 2.70. The number of fused-ring (bicyclic) bond motifs is 1. The van der Waals surface area contributed by atoms with Gasteiger partial charge in [-0.2, -0.15) is 0 Å². The Morgan fingerprint density at radius 3 is 2.58 bits per heavy atom. The monoisotopic (exact) mass is 372 g/mol. The Bertz CT molecular complexity index is 910. The molecule has 1 N–H and O–H groups in total. The smallest absolute Gasteiger partial charge is 0.262 e. The number of aryl methyl sites for hydroxylation is 1. The molecule has 1 heterocycles. The van der Waals surface area contributed by atoms with Gasteiger partial charge in [0.15, 0.2) is 6.61 Å². The maximum Gasteiger partial charge on any atom is 0.262 e. The van der Waals surface area contributed by atoms with E-state index in [0.717, 1.165) is 16.9 Å². The lowest BCUT2D eigenvalue weighted by molar-refractivity contribution is -0.118. The number of amides is 3. The van der Waals surface area contributed by atoms with Crippen molar-refractivity contribution in [3.63, 3.8) is 0 Å². The van der Waals surface area contributed by atoms with Crippen LogP contribution in [0.3, 0.4) is 0 Å². The molecule has 3 rings (SSSR count). The molecule has 26 heavy (non-hydrogen) atoms. The summed E-state index contributed by atoms with van der Waals surface area (Å²) in [5.74, 6) is -0.549. The molecule has 6 nitrogen and oxygen atoms in total. The fraction of sp³-hybridized carbons (Fsp3) is 0.211. The third-order valence-electron chi connectivity index (χ3n) is 4.14. The zero-order valence-corrected chi connectivity index (χ0v) is 15.1. The highest BCUT2D eigenvalue weighted by Crippen LogP contribution is 2.25. The number of benzene rings is 2. The maximum atomic E-state index is 12.1. The van der Waals surface area contributed by atoms with Crippen LogP contribution in [0, 0.1) is 0 Å². The Kier molecular flexibility index (Phi) is 4.95. The van der Waals surface area contributed by atoms with Crippen LogP contribution in [0.25, 0.3) is 0 Å². The number of rotatable bonds is 5. The zero-order chi connectivity index (χ0) is 18.8. The standard InChI is InChI=1S/C19H17ClN2O4/c1-3-11-8-13(5-7-16(11)20)26-10-17(23)21-12-4-6-14-15(9-12)19(25)22(2)18(14)24/h4-9H,3,10H2,1-2H3,(H,21,23). The quantitative estimate of drug-likeness (QED) is 0.818. The van der Waals surface area contributed by atoms with Crippen LogP contribution in [0.15, 0.2) is 36.4 Å². The second kappa shape index (κ2) is 7.17. The maximum absolute atomic E-state index is 12.1. The number of halogens is 1. The molecule has 2 aromatic rings. The lowest BCUT2D eigenvalue weighted by atomic mass is 10.1. The second-order valence-corrected chi connectivity index (χ2v) is 6.28. The highest BCUT2D eigenvalue weighted by molar-refractivity contribution is 6.31. The summed E-state index contributed by atoms with van der Waals surface area (Å²) in [7, 11) is 1.42. The number of imide groups is 1. The molecule has 134 valence electrons. The first-order chi connectivity index (χ1) is 12.4. The number of nitrogens with one attached hydrogen (secondary N) is 1. The van der Waals surface area contributed by atoms with Gasteiger partial charge in [0.05, 0.1) is 11.1 Å². The van der Waals surface area contributed by atoms with E-state index < -0.39 is 0 Å². The van der Waals surface area contributed by atoms with Crippen molar-refractivity contribution in [2.45, 2.75) is 13.3 Å². The lowest BCUT2D eigenvalue weighted by Gasteiger charge is -2.10. The van der Waals surface area contributed by atoms with Crippen molar-refractivity contribution < 1.29 is 19.1 Å². The lowest BCUT2D eigenvalue weighted by Crippen LogP contribution is -2.24. The van der Waals surface area contributed by atoms with E-state index in [1.54, 1.807) is 24.3 Å². The molecule has 0 bridgehead atoms. The van der Waals surface area contributed by atoms with Crippen molar-refractivity contribution in [2.24, 2.45) is 0 Å². The Morgan fingerprint density at radius 1 is 1.12 bits per heavy atom. The van der Waals surface area contributed by atoms with Gasteiger partial charge in [-0.3, -0.25) is 19.3 Å². The number of hydrogen-bond donors (Lipinski definition) is 1. The van der Waals surface area contributed by atoms with E-state index in [0.29, 0.717) is 22.0 Å². The predicted octanol–water partition coefficient (Wildman–Crippen LogP) is 3.15. The van der Waals surface area contributed by atoms with E-state index >= 15 is 0 Å². The summed E-state index contributed by atoms with van der Waals surface area (Å²) in [5, 5.41) is 3.32. The van der Waals surface area contributed by atoms with E-state index in [1.165, 1.54) is 19.2 Å². The summed E-state index contributed by atoms with van der Waals surface area (Å²) in [6.45, 7) is 1.80. The first-order valence-corrected chi connectivity index (χ1v) is 8.46. The second-order valence-electron chi connectivity index (χ2n) is 5.87. The first kappa shape index (κ1) is 17.9. The molecule has 1 aliphatic rings. The molecule has 0 atom stereocenters. The Morgan fingerprint density at radius 2 is 1.85 bits per heavy atom. The van der Waals surface area contributed by atoms with Crippen molar-refractivity contribution in [3.8, 4) is 5.75 Å². The van der Waals surface area contributed by atoms with Gasteiger partial charge in [0.2, 0.25) is 0 Å². The van der Waals surface area contributed by atoms with Crippen LogP contribution in [-0.4, -0.2) is 36.3 Å². The summed E-state index contributed by atoms with van der Waals surface area (Å²) >= 11 is 6.06. The molecule has 1 aliphatic heterocycles. The minimum Gasteiger partial charge on any atom is -0.484 e.